The normalized spacial score (nSPS) is 25.5. The summed E-state index contributed by atoms with van der Waals surface area (Å²) in [5.74, 6) is 1.77. The van der Waals surface area contributed by atoms with Gasteiger partial charge in [0.25, 0.3) is 0 Å². The van der Waals surface area contributed by atoms with Crippen LogP contribution in [0.25, 0.3) is 0 Å². The number of hydrogen-bond donors (Lipinski definition) is 2. The first-order valence-corrected chi connectivity index (χ1v) is 5.07. The standard InChI is InChI=1S/C11H16N2O/c1-14-10-6-2-8(3-7-10)11(12)13-9-4-5-9/h2,6-9H,3-5H2,1H3,(H2,12,13). The molecule has 1 fully saturated rings. The van der Waals surface area contributed by atoms with E-state index < -0.39 is 0 Å². The van der Waals surface area contributed by atoms with E-state index in [4.69, 9.17) is 10.1 Å². The average Bonchev–Trinajstić information content (AvgIpc) is 3.02. The summed E-state index contributed by atoms with van der Waals surface area (Å²) in [6.07, 6.45) is 9.33. The molecule has 0 aromatic carbocycles. The van der Waals surface area contributed by atoms with Crippen molar-refractivity contribution < 1.29 is 4.74 Å². The summed E-state index contributed by atoms with van der Waals surface area (Å²) in [6.45, 7) is 0. The van der Waals surface area contributed by atoms with Gasteiger partial charge in [-0.25, -0.2) is 0 Å². The summed E-state index contributed by atoms with van der Waals surface area (Å²) >= 11 is 0. The lowest BCUT2D eigenvalue weighted by Crippen LogP contribution is -2.31. The predicted octanol–water partition coefficient (Wildman–Crippen LogP) is 1.82. The molecule has 1 saturated carbocycles. The summed E-state index contributed by atoms with van der Waals surface area (Å²) in [5.41, 5.74) is 0. The van der Waals surface area contributed by atoms with Gasteiger partial charge in [0.1, 0.15) is 11.6 Å². The summed E-state index contributed by atoms with van der Waals surface area (Å²) < 4.78 is 5.10. The Balaban J connectivity index is 1.85. The Labute approximate surface area is 84.3 Å². The molecule has 0 aromatic rings. The monoisotopic (exact) mass is 192 g/mol. The van der Waals surface area contributed by atoms with Crippen LogP contribution in [-0.2, 0) is 4.74 Å². The molecule has 0 radical (unpaired) electrons. The Hall–Kier alpha value is -1.25. The summed E-state index contributed by atoms with van der Waals surface area (Å²) in [7, 11) is 1.67. The molecule has 0 heterocycles. The highest BCUT2D eigenvalue weighted by Gasteiger charge is 2.24. The van der Waals surface area contributed by atoms with Gasteiger partial charge in [-0.3, -0.25) is 5.41 Å². The number of rotatable bonds is 3. The lowest BCUT2D eigenvalue weighted by Gasteiger charge is -2.17. The lowest BCUT2D eigenvalue weighted by atomic mass is 9.99. The van der Waals surface area contributed by atoms with E-state index in [2.05, 4.69) is 5.32 Å². The zero-order valence-corrected chi connectivity index (χ0v) is 8.42. The minimum absolute atomic E-state index is 0.217. The molecule has 0 aliphatic heterocycles. The van der Waals surface area contributed by atoms with E-state index >= 15 is 0 Å². The molecule has 0 amide bonds. The molecule has 3 nitrogen and oxygen atoms in total. The van der Waals surface area contributed by atoms with Gasteiger partial charge >= 0.3 is 0 Å². The van der Waals surface area contributed by atoms with E-state index in [0.29, 0.717) is 11.9 Å². The molecule has 0 aromatic heterocycles. The van der Waals surface area contributed by atoms with Crippen molar-refractivity contribution >= 4 is 5.84 Å². The van der Waals surface area contributed by atoms with Gasteiger partial charge in [0, 0.05) is 12.0 Å². The molecule has 3 heteroatoms. The fourth-order valence-electron chi connectivity index (χ4n) is 1.52. The molecule has 2 rings (SSSR count). The molecule has 2 aliphatic rings. The molecule has 14 heavy (non-hydrogen) atoms. The van der Waals surface area contributed by atoms with Crippen LogP contribution >= 0.6 is 0 Å². The Morgan fingerprint density at radius 1 is 1.57 bits per heavy atom. The van der Waals surface area contributed by atoms with Crippen molar-refractivity contribution in [1.82, 2.24) is 5.32 Å². The third kappa shape index (κ3) is 2.16. The van der Waals surface area contributed by atoms with Crippen molar-refractivity contribution in [2.75, 3.05) is 7.11 Å². The van der Waals surface area contributed by atoms with Gasteiger partial charge in [-0.05, 0) is 31.4 Å². The quantitative estimate of drug-likeness (QED) is 0.529. The van der Waals surface area contributed by atoms with E-state index in [1.54, 1.807) is 7.11 Å². The average molecular weight is 192 g/mol. The molecule has 0 bridgehead atoms. The fourth-order valence-corrected chi connectivity index (χ4v) is 1.52. The summed E-state index contributed by atoms with van der Waals surface area (Å²) in [5, 5.41) is 11.1. The van der Waals surface area contributed by atoms with E-state index in [9.17, 15) is 0 Å². The molecule has 2 N–H and O–H groups in total. The first-order valence-electron chi connectivity index (χ1n) is 5.07. The maximum Gasteiger partial charge on any atom is 0.114 e. The number of nitrogens with one attached hydrogen (secondary N) is 2. The highest BCUT2D eigenvalue weighted by molar-refractivity contribution is 5.84. The van der Waals surface area contributed by atoms with Crippen molar-refractivity contribution in [3.63, 3.8) is 0 Å². The van der Waals surface area contributed by atoms with Crippen molar-refractivity contribution in [2.24, 2.45) is 5.92 Å². The van der Waals surface area contributed by atoms with E-state index in [1.165, 1.54) is 12.8 Å². The lowest BCUT2D eigenvalue weighted by molar-refractivity contribution is 0.302. The molecular weight excluding hydrogens is 176 g/mol. The molecule has 0 saturated heterocycles. The van der Waals surface area contributed by atoms with Crippen LogP contribution in [0.3, 0.4) is 0 Å². The van der Waals surface area contributed by atoms with Crippen molar-refractivity contribution in [3.8, 4) is 0 Å². The second kappa shape index (κ2) is 3.86. The number of allylic oxidation sites excluding steroid dienone is 2. The van der Waals surface area contributed by atoms with Crippen molar-refractivity contribution in [2.45, 2.75) is 25.3 Å². The summed E-state index contributed by atoms with van der Waals surface area (Å²) in [6, 6.07) is 0.573. The summed E-state index contributed by atoms with van der Waals surface area (Å²) in [4.78, 5) is 0. The zero-order valence-electron chi connectivity index (χ0n) is 8.42. The van der Waals surface area contributed by atoms with Crippen LogP contribution in [0.1, 0.15) is 19.3 Å². The van der Waals surface area contributed by atoms with Gasteiger partial charge < -0.3 is 10.1 Å². The van der Waals surface area contributed by atoms with Gasteiger partial charge in [0.05, 0.1) is 7.11 Å². The minimum Gasteiger partial charge on any atom is -0.497 e. The molecule has 1 unspecified atom stereocenters. The second-order valence-electron chi connectivity index (χ2n) is 3.84. The molecular formula is C11H16N2O. The first-order chi connectivity index (χ1) is 6.79. The van der Waals surface area contributed by atoms with Crippen molar-refractivity contribution in [1.29, 1.82) is 5.41 Å². The Morgan fingerprint density at radius 3 is 2.86 bits per heavy atom. The highest BCUT2D eigenvalue weighted by atomic mass is 16.5. The smallest absolute Gasteiger partial charge is 0.114 e. The predicted molar refractivity (Wildman–Crippen MR) is 56.2 cm³/mol. The number of hydrogen-bond acceptors (Lipinski definition) is 2. The van der Waals surface area contributed by atoms with Gasteiger partial charge in [-0.2, -0.15) is 0 Å². The molecule has 2 aliphatic carbocycles. The van der Waals surface area contributed by atoms with E-state index in [-0.39, 0.29) is 5.92 Å². The molecule has 0 spiro atoms. The minimum atomic E-state index is 0.217. The largest absolute Gasteiger partial charge is 0.497 e. The van der Waals surface area contributed by atoms with Crippen LogP contribution in [0, 0.1) is 11.3 Å². The van der Waals surface area contributed by atoms with Crippen LogP contribution in [0.2, 0.25) is 0 Å². The van der Waals surface area contributed by atoms with Crippen molar-refractivity contribution in [3.05, 3.63) is 24.0 Å². The van der Waals surface area contributed by atoms with Gasteiger partial charge in [-0.15, -0.1) is 0 Å². The maximum absolute atomic E-state index is 7.84. The Bertz CT molecular complexity index is 290. The zero-order chi connectivity index (χ0) is 9.97. The molecule has 76 valence electrons. The van der Waals surface area contributed by atoms with Crippen LogP contribution in [0.5, 0.6) is 0 Å². The Morgan fingerprint density at radius 2 is 2.36 bits per heavy atom. The second-order valence-corrected chi connectivity index (χ2v) is 3.84. The van der Waals surface area contributed by atoms with Gasteiger partial charge in [0.2, 0.25) is 0 Å². The number of ether oxygens (including phenoxy) is 1. The highest BCUT2D eigenvalue weighted by Crippen LogP contribution is 2.22. The Kier molecular flexibility index (Phi) is 2.57. The fraction of sp³-hybridized carbons (Fsp3) is 0.545. The third-order valence-corrected chi connectivity index (χ3v) is 2.61. The number of methoxy groups -OCH3 is 1. The SMILES string of the molecule is COC1=CCC(C(=N)NC2CC2)C=C1. The van der Waals surface area contributed by atoms with Crippen LogP contribution in [-0.4, -0.2) is 19.0 Å². The molecule has 1 atom stereocenters. The van der Waals surface area contributed by atoms with Crippen LogP contribution in [0.4, 0.5) is 0 Å². The van der Waals surface area contributed by atoms with Crippen LogP contribution < -0.4 is 5.32 Å². The van der Waals surface area contributed by atoms with Gasteiger partial charge in [0.15, 0.2) is 0 Å². The van der Waals surface area contributed by atoms with Crippen LogP contribution in [0.15, 0.2) is 24.0 Å². The maximum atomic E-state index is 7.84. The third-order valence-electron chi connectivity index (χ3n) is 2.61. The van der Waals surface area contributed by atoms with Gasteiger partial charge in [-0.1, -0.05) is 6.08 Å². The van der Waals surface area contributed by atoms with E-state index in [0.717, 1.165) is 12.2 Å². The van der Waals surface area contributed by atoms with E-state index in [1.807, 2.05) is 18.2 Å². The first kappa shape index (κ1) is 9.31. The number of amidine groups is 1. The topological polar surface area (TPSA) is 45.1 Å².